The fraction of sp³-hybridized carbons (Fsp3) is 0.364. The summed E-state index contributed by atoms with van der Waals surface area (Å²) < 4.78 is 5.03. The Balaban J connectivity index is 1.87. The molecule has 2 N–H and O–H groups in total. The average molecular weight is 220 g/mol. The van der Waals surface area contributed by atoms with Crippen molar-refractivity contribution in [2.75, 3.05) is 0 Å². The maximum absolute atomic E-state index is 6.09. The van der Waals surface area contributed by atoms with Crippen molar-refractivity contribution in [3.8, 4) is 11.3 Å². The van der Waals surface area contributed by atoms with E-state index < -0.39 is 0 Å². The summed E-state index contributed by atoms with van der Waals surface area (Å²) in [5, 5.41) is 3.09. The van der Waals surface area contributed by atoms with Crippen molar-refractivity contribution in [2.24, 2.45) is 11.7 Å². The molecule has 78 valence electrons. The molecule has 2 aromatic heterocycles. The highest BCUT2D eigenvalue weighted by Crippen LogP contribution is 2.40. The van der Waals surface area contributed by atoms with Gasteiger partial charge in [-0.15, -0.1) is 11.3 Å². The Kier molecular flexibility index (Phi) is 2.11. The van der Waals surface area contributed by atoms with Gasteiger partial charge in [-0.3, -0.25) is 0 Å². The Hall–Kier alpha value is -1.13. The van der Waals surface area contributed by atoms with E-state index in [4.69, 9.17) is 10.2 Å². The topological polar surface area (TPSA) is 52.0 Å². The number of nitrogens with zero attached hydrogens (tertiary/aromatic N) is 1. The van der Waals surface area contributed by atoms with Gasteiger partial charge >= 0.3 is 0 Å². The second-order valence-corrected chi connectivity index (χ2v) is 4.84. The van der Waals surface area contributed by atoms with Crippen LogP contribution in [0, 0.1) is 5.92 Å². The van der Waals surface area contributed by atoms with E-state index in [-0.39, 0.29) is 6.04 Å². The maximum atomic E-state index is 6.09. The molecule has 0 radical (unpaired) electrons. The molecule has 0 saturated heterocycles. The third-order valence-electron chi connectivity index (χ3n) is 2.75. The molecule has 3 rings (SSSR count). The van der Waals surface area contributed by atoms with Crippen LogP contribution in [0.4, 0.5) is 0 Å². The minimum absolute atomic E-state index is 0.135. The van der Waals surface area contributed by atoms with Crippen LogP contribution >= 0.6 is 11.3 Å². The zero-order valence-corrected chi connectivity index (χ0v) is 9.04. The lowest BCUT2D eigenvalue weighted by atomic mass is 10.2. The highest BCUT2D eigenvalue weighted by Gasteiger charge is 2.31. The summed E-state index contributed by atoms with van der Waals surface area (Å²) >= 11 is 1.65. The Morgan fingerprint density at radius 1 is 1.53 bits per heavy atom. The Morgan fingerprint density at radius 3 is 3.07 bits per heavy atom. The van der Waals surface area contributed by atoms with E-state index in [0.29, 0.717) is 5.92 Å². The molecule has 0 amide bonds. The van der Waals surface area contributed by atoms with Crippen molar-refractivity contribution in [2.45, 2.75) is 18.9 Å². The molecule has 0 aromatic carbocycles. The van der Waals surface area contributed by atoms with Crippen LogP contribution < -0.4 is 5.73 Å². The summed E-state index contributed by atoms with van der Waals surface area (Å²) in [5.41, 5.74) is 8.09. The zero-order chi connectivity index (χ0) is 10.3. The monoisotopic (exact) mass is 220 g/mol. The van der Waals surface area contributed by atoms with E-state index in [1.54, 1.807) is 23.9 Å². The maximum Gasteiger partial charge on any atom is 0.110 e. The van der Waals surface area contributed by atoms with Gasteiger partial charge in [0, 0.05) is 10.9 Å². The van der Waals surface area contributed by atoms with Gasteiger partial charge in [0.2, 0.25) is 0 Å². The first-order valence-corrected chi connectivity index (χ1v) is 5.96. The molecule has 2 heterocycles. The van der Waals surface area contributed by atoms with Crippen LogP contribution in [0.15, 0.2) is 28.4 Å². The van der Waals surface area contributed by atoms with Crippen molar-refractivity contribution in [3.05, 3.63) is 29.0 Å². The molecule has 0 aliphatic heterocycles. The second kappa shape index (κ2) is 3.47. The van der Waals surface area contributed by atoms with Crippen molar-refractivity contribution in [1.82, 2.24) is 4.98 Å². The van der Waals surface area contributed by atoms with Gasteiger partial charge in [-0.05, 0) is 24.8 Å². The lowest BCUT2D eigenvalue weighted by Crippen LogP contribution is -2.11. The number of hydrogen-bond acceptors (Lipinski definition) is 4. The molecule has 1 atom stereocenters. The van der Waals surface area contributed by atoms with E-state index in [9.17, 15) is 0 Å². The minimum Gasteiger partial charge on any atom is -0.472 e. The van der Waals surface area contributed by atoms with E-state index in [1.807, 2.05) is 11.4 Å². The third-order valence-corrected chi connectivity index (χ3v) is 3.70. The van der Waals surface area contributed by atoms with Gasteiger partial charge in [-0.2, -0.15) is 0 Å². The van der Waals surface area contributed by atoms with Crippen LogP contribution in [-0.2, 0) is 0 Å². The smallest absolute Gasteiger partial charge is 0.110 e. The largest absolute Gasteiger partial charge is 0.472 e. The van der Waals surface area contributed by atoms with Gasteiger partial charge in [0.05, 0.1) is 24.3 Å². The van der Waals surface area contributed by atoms with Crippen LogP contribution in [0.5, 0.6) is 0 Å². The Labute approximate surface area is 91.9 Å². The standard InChI is InChI=1S/C11H12N2OS/c12-10(7-1-2-7)11-13-9(6-15-11)8-3-4-14-5-8/h3-7,10H,1-2,12H2. The summed E-state index contributed by atoms with van der Waals surface area (Å²) in [6.07, 6.45) is 5.88. The molecule has 15 heavy (non-hydrogen) atoms. The lowest BCUT2D eigenvalue weighted by molar-refractivity contribution is 0.568. The predicted molar refractivity (Wildman–Crippen MR) is 59.5 cm³/mol. The summed E-state index contributed by atoms with van der Waals surface area (Å²) in [5.74, 6) is 0.661. The summed E-state index contributed by atoms with van der Waals surface area (Å²) in [6, 6.07) is 2.05. The summed E-state index contributed by atoms with van der Waals surface area (Å²) in [4.78, 5) is 4.55. The van der Waals surface area contributed by atoms with Crippen LogP contribution in [0.2, 0.25) is 0 Å². The number of nitrogens with two attached hydrogens (primary N) is 1. The van der Waals surface area contributed by atoms with E-state index >= 15 is 0 Å². The van der Waals surface area contributed by atoms with Gasteiger partial charge in [-0.25, -0.2) is 4.98 Å². The first-order valence-electron chi connectivity index (χ1n) is 5.08. The number of aromatic nitrogens is 1. The highest BCUT2D eigenvalue weighted by atomic mass is 32.1. The number of furan rings is 1. The van der Waals surface area contributed by atoms with Gasteiger partial charge in [-0.1, -0.05) is 0 Å². The third kappa shape index (κ3) is 1.70. The van der Waals surface area contributed by atoms with Crippen LogP contribution in [0.3, 0.4) is 0 Å². The van der Waals surface area contributed by atoms with Crippen molar-refractivity contribution in [1.29, 1.82) is 0 Å². The number of rotatable bonds is 3. The number of hydrogen-bond donors (Lipinski definition) is 1. The summed E-state index contributed by atoms with van der Waals surface area (Å²) in [7, 11) is 0. The molecule has 1 aliphatic carbocycles. The predicted octanol–water partition coefficient (Wildman–Crippen LogP) is 2.81. The molecule has 1 saturated carbocycles. The normalized spacial score (nSPS) is 17.9. The molecule has 1 aliphatic rings. The summed E-state index contributed by atoms with van der Waals surface area (Å²) in [6.45, 7) is 0. The molecular weight excluding hydrogens is 208 g/mol. The molecule has 2 aromatic rings. The molecule has 3 nitrogen and oxygen atoms in total. The lowest BCUT2D eigenvalue weighted by Gasteiger charge is -2.04. The first-order chi connectivity index (χ1) is 7.34. The second-order valence-electron chi connectivity index (χ2n) is 3.95. The quantitative estimate of drug-likeness (QED) is 0.865. The fourth-order valence-electron chi connectivity index (χ4n) is 1.64. The van der Waals surface area contributed by atoms with Gasteiger partial charge in [0.15, 0.2) is 0 Å². The molecular formula is C11H12N2OS. The molecule has 0 spiro atoms. The zero-order valence-electron chi connectivity index (χ0n) is 8.22. The Morgan fingerprint density at radius 2 is 2.40 bits per heavy atom. The van der Waals surface area contributed by atoms with Gasteiger partial charge in [0.1, 0.15) is 5.01 Å². The van der Waals surface area contributed by atoms with E-state index in [1.165, 1.54) is 12.8 Å². The molecule has 4 heteroatoms. The van der Waals surface area contributed by atoms with Crippen LogP contribution in [0.1, 0.15) is 23.9 Å². The highest BCUT2D eigenvalue weighted by molar-refractivity contribution is 7.10. The van der Waals surface area contributed by atoms with E-state index in [2.05, 4.69) is 4.98 Å². The van der Waals surface area contributed by atoms with Gasteiger partial charge in [0.25, 0.3) is 0 Å². The molecule has 0 bridgehead atoms. The van der Waals surface area contributed by atoms with Gasteiger partial charge < -0.3 is 10.2 Å². The molecule has 1 unspecified atom stereocenters. The Bertz CT molecular complexity index is 445. The SMILES string of the molecule is NC(c1nc(-c2ccoc2)cs1)C1CC1. The number of thiazole rings is 1. The minimum atomic E-state index is 0.135. The van der Waals surface area contributed by atoms with E-state index in [0.717, 1.165) is 16.3 Å². The van der Waals surface area contributed by atoms with Crippen molar-refractivity contribution in [3.63, 3.8) is 0 Å². The van der Waals surface area contributed by atoms with Crippen LogP contribution in [0.25, 0.3) is 11.3 Å². The van der Waals surface area contributed by atoms with Crippen molar-refractivity contribution >= 4 is 11.3 Å². The van der Waals surface area contributed by atoms with Crippen molar-refractivity contribution < 1.29 is 4.42 Å². The fourth-order valence-corrected chi connectivity index (χ4v) is 2.56. The average Bonchev–Trinajstić information content (AvgIpc) is 2.80. The molecule has 1 fully saturated rings. The first kappa shape index (κ1) is 9.12. The van der Waals surface area contributed by atoms with Crippen LogP contribution in [-0.4, -0.2) is 4.98 Å².